The highest BCUT2D eigenvalue weighted by atomic mass is 16.5. The van der Waals surface area contributed by atoms with Gasteiger partial charge in [0.1, 0.15) is 5.75 Å². The molecule has 19 heavy (non-hydrogen) atoms. The molecule has 0 aliphatic rings. The number of aromatic hydroxyl groups is 1. The van der Waals surface area contributed by atoms with E-state index in [9.17, 15) is 14.7 Å². The molecule has 0 unspecified atom stereocenters. The SMILES string of the molecule is COCCNC(=O)CNC(=O)c1ccc(N)c(O)c1. The van der Waals surface area contributed by atoms with Gasteiger partial charge in [0.2, 0.25) is 5.91 Å². The third kappa shape index (κ3) is 4.84. The van der Waals surface area contributed by atoms with Gasteiger partial charge in [0.25, 0.3) is 5.91 Å². The molecule has 5 N–H and O–H groups in total. The van der Waals surface area contributed by atoms with E-state index >= 15 is 0 Å². The smallest absolute Gasteiger partial charge is 0.251 e. The second-order valence-electron chi connectivity index (χ2n) is 3.80. The molecule has 0 spiro atoms. The van der Waals surface area contributed by atoms with Gasteiger partial charge in [0, 0.05) is 19.2 Å². The number of nitrogens with two attached hydrogens (primary N) is 1. The molecule has 1 aromatic carbocycles. The summed E-state index contributed by atoms with van der Waals surface area (Å²) in [5, 5.41) is 14.4. The molecule has 0 aliphatic heterocycles. The lowest BCUT2D eigenvalue weighted by atomic mass is 10.2. The lowest BCUT2D eigenvalue weighted by Gasteiger charge is -2.07. The maximum atomic E-state index is 11.7. The number of ether oxygens (including phenoxy) is 1. The summed E-state index contributed by atoms with van der Waals surface area (Å²) in [4.78, 5) is 23.0. The molecule has 0 atom stereocenters. The predicted octanol–water partition coefficient (Wildman–Crippen LogP) is -0.533. The normalized spacial score (nSPS) is 9.95. The Bertz CT molecular complexity index is 462. The summed E-state index contributed by atoms with van der Waals surface area (Å²) >= 11 is 0. The number of phenols is 1. The van der Waals surface area contributed by atoms with E-state index < -0.39 is 5.91 Å². The van der Waals surface area contributed by atoms with Crippen LogP contribution in [0.2, 0.25) is 0 Å². The first-order valence-electron chi connectivity index (χ1n) is 5.67. The zero-order chi connectivity index (χ0) is 14.3. The van der Waals surface area contributed by atoms with Crippen LogP contribution in [0.5, 0.6) is 5.75 Å². The minimum atomic E-state index is -0.461. The van der Waals surface area contributed by atoms with Crippen LogP contribution in [0, 0.1) is 0 Å². The Morgan fingerprint density at radius 2 is 2.11 bits per heavy atom. The molecule has 0 radical (unpaired) electrons. The maximum Gasteiger partial charge on any atom is 0.251 e. The van der Waals surface area contributed by atoms with Crippen molar-refractivity contribution in [1.29, 1.82) is 0 Å². The Labute approximate surface area is 110 Å². The number of nitrogens with one attached hydrogen (secondary N) is 2. The number of carbonyl (C=O) groups excluding carboxylic acids is 2. The molecule has 0 fully saturated rings. The van der Waals surface area contributed by atoms with Gasteiger partial charge in [-0.05, 0) is 18.2 Å². The first-order valence-corrected chi connectivity index (χ1v) is 5.67. The van der Waals surface area contributed by atoms with Crippen molar-refractivity contribution >= 4 is 17.5 Å². The summed E-state index contributed by atoms with van der Waals surface area (Å²) in [5.74, 6) is -0.945. The van der Waals surface area contributed by atoms with Crippen molar-refractivity contribution in [3.8, 4) is 5.75 Å². The molecular weight excluding hydrogens is 250 g/mol. The summed E-state index contributed by atoms with van der Waals surface area (Å²) in [7, 11) is 1.53. The van der Waals surface area contributed by atoms with Gasteiger partial charge in [-0.1, -0.05) is 0 Å². The minimum Gasteiger partial charge on any atom is -0.506 e. The van der Waals surface area contributed by atoms with Crippen LogP contribution in [0.25, 0.3) is 0 Å². The Hall–Kier alpha value is -2.28. The molecule has 2 amide bonds. The van der Waals surface area contributed by atoms with Crippen LogP contribution < -0.4 is 16.4 Å². The van der Waals surface area contributed by atoms with Crippen molar-refractivity contribution in [1.82, 2.24) is 10.6 Å². The molecule has 1 rings (SSSR count). The van der Waals surface area contributed by atoms with Crippen molar-refractivity contribution in [2.75, 3.05) is 32.5 Å². The monoisotopic (exact) mass is 267 g/mol. The molecule has 0 aliphatic carbocycles. The van der Waals surface area contributed by atoms with Gasteiger partial charge < -0.3 is 26.2 Å². The predicted molar refractivity (Wildman–Crippen MR) is 69.7 cm³/mol. The molecule has 1 aromatic rings. The minimum absolute atomic E-state index is 0.145. The quantitative estimate of drug-likeness (QED) is 0.314. The first kappa shape index (κ1) is 14.8. The fourth-order valence-electron chi connectivity index (χ4n) is 1.30. The summed E-state index contributed by atoms with van der Waals surface area (Å²) in [5.41, 5.74) is 5.84. The number of rotatable bonds is 6. The molecule has 7 heteroatoms. The standard InChI is InChI=1S/C12H17N3O4/c1-19-5-4-14-11(17)7-15-12(18)8-2-3-9(13)10(16)6-8/h2-3,6,16H,4-5,7,13H2,1H3,(H,14,17)(H,15,18). The molecule has 0 heterocycles. The van der Waals surface area contributed by atoms with Crippen molar-refractivity contribution in [3.63, 3.8) is 0 Å². The average Bonchev–Trinajstić information content (AvgIpc) is 2.39. The van der Waals surface area contributed by atoms with E-state index in [-0.39, 0.29) is 29.5 Å². The Kier molecular flexibility index (Phi) is 5.62. The van der Waals surface area contributed by atoms with Gasteiger partial charge in [-0.15, -0.1) is 0 Å². The largest absolute Gasteiger partial charge is 0.506 e. The summed E-state index contributed by atoms with van der Waals surface area (Å²) in [6.07, 6.45) is 0. The second kappa shape index (κ2) is 7.22. The van der Waals surface area contributed by atoms with Gasteiger partial charge in [-0.2, -0.15) is 0 Å². The number of benzene rings is 1. The van der Waals surface area contributed by atoms with E-state index in [0.717, 1.165) is 0 Å². The zero-order valence-electron chi connectivity index (χ0n) is 10.6. The van der Waals surface area contributed by atoms with Gasteiger partial charge in [0.15, 0.2) is 0 Å². The lowest BCUT2D eigenvalue weighted by Crippen LogP contribution is -2.38. The molecule has 7 nitrogen and oxygen atoms in total. The third-order valence-corrected chi connectivity index (χ3v) is 2.33. The van der Waals surface area contributed by atoms with Crippen LogP contribution in [0.15, 0.2) is 18.2 Å². The Balaban J connectivity index is 2.42. The van der Waals surface area contributed by atoms with Gasteiger partial charge in [-0.3, -0.25) is 9.59 Å². The van der Waals surface area contributed by atoms with E-state index in [1.54, 1.807) is 0 Å². The lowest BCUT2D eigenvalue weighted by molar-refractivity contribution is -0.120. The fraction of sp³-hybridized carbons (Fsp3) is 0.333. The maximum absolute atomic E-state index is 11.7. The highest BCUT2D eigenvalue weighted by Gasteiger charge is 2.09. The summed E-state index contributed by atoms with van der Waals surface area (Å²) in [6.45, 7) is 0.646. The molecule has 104 valence electrons. The van der Waals surface area contributed by atoms with Crippen LogP contribution in [0.1, 0.15) is 10.4 Å². The van der Waals surface area contributed by atoms with Gasteiger partial charge in [-0.25, -0.2) is 0 Å². The van der Waals surface area contributed by atoms with E-state index in [1.165, 1.54) is 25.3 Å². The number of hydrogen-bond donors (Lipinski definition) is 4. The van der Waals surface area contributed by atoms with Crippen molar-refractivity contribution in [2.45, 2.75) is 0 Å². The average molecular weight is 267 g/mol. The van der Waals surface area contributed by atoms with Crippen molar-refractivity contribution < 1.29 is 19.4 Å². The molecule has 0 bridgehead atoms. The molecule has 0 saturated carbocycles. The van der Waals surface area contributed by atoms with E-state index in [0.29, 0.717) is 13.2 Å². The number of anilines is 1. The number of carbonyl (C=O) groups is 2. The van der Waals surface area contributed by atoms with Crippen LogP contribution in [0.3, 0.4) is 0 Å². The number of amides is 2. The van der Waals surface area contributed by atoms with Crippen molar-refractivity contribution in [2.24, 2.45) is 0 Å². The first-order chi connectivity index (χ1) is 9.04. The molecular formula is C12H17N3O4. The third-order valence-electron chi connectivity index (χ3n) is 2.33. The van der Waals surface area contributed by atoms with E-state index in [2.05, 4.69) is 10.6 Å². The summed E-state index contributed by atoms with van der Waals surface area (Å²) in [6, 6.07) is 4.13. The fourth-order valence-corrected chi connectivity index (χ4v) is 1.30. The molecule has 0 aromatic heterocycles. The number of methoxy groups -OCH3 is 1. The van der Waals surface area contributed by atoms with Crippen LogP contribution in [-0.4, -0.2) is 43.7 Å². The number of hydrogen-bond acceptors (Lipinski definition) is 5. The van der Waals surface area contributed by atoms with Gasteiger partial charge in [0.05, 0.1) is 18.8 Å². The second-order valence-corrected chi connectivity index (χ2v) is 3.80. The molecule has 0 saturated heterocycles. The zero-order valence-corrected chi connectivity index (χ0v) is 10.6. The number of phenolic OH excluding ortho intramolecular Hbond substituents is 1. The van der Waals surface area contributed by atoms with E-state index in [1.807, 2.05) is 0 Å². The van der Waals surface area contributed by atoms with Crippen LogP contribution in [-0.2, 0) is 9.53 Å². The highest BCUT2D eigenvalue weighted by Crippen LogP contribution is 2.20. The highest BCUT2D eigenvalue weighted by molar-refractivity contribution is 5.97. The number of nitrogen functional groups attached to an aromatic ring is 1. The topological polar surface area (TPSA) is 114 Å². The van der Waals surface area contributed by atoms with Crippen LogP contribution in [0.4, 0.5) is 5.69 Å². The Morgan fingerprint density at radius 1 is 1.37 bits per heavy atom. The van der Waals surface area contributed by atoms with Gasteiger partial charge >= 0.3 is 0 Å². The Morgan fingerprint density at radius 3 is 2.74 bits per heavy atom. The summed E-state index contributed by atoms with van der Waals surface area (Å²) < 4.78 is 4.77. The van der Waals surface area contributed by atoms with Crippen LogP contribution >= 0.6 is 0 Å². The van der Waals surface area contributed by atoms with E-state index in [4.69, 9.17) is 10.5 Å². The van der Waals surface area contributed by atoms with Crippen molar-refractivity contribution in [3.05, 3.63) is 23.8 Å².